The molecular weight excluding hydrogens is 187 g/mol. The first-order valence-corrected chi connectivity index (χ1v) is 4.89. The van der Waals surface area contributed by atoms with Crippen LogP contribution in [-0.4, -0.2) is 4.98 Å². The first-order valence-electron chi connectivity index (χ1n) is 4.08. The van der Waals surface area contributed by atoms with Crippen molar-refractivity contribution in [2.45, 2.75) is 13.8 Å². The Morgan fingerprint density at radius 3 is 2.69 bits per heavy atom. The van der Waals surface area contributed by atoms with Crippen molar-refractivity contribution in [3.63, 3.8) is 0 Å². The molecule has 4 heteroatoms. The Kier molecular flexibility index (Phi) is 3.19. The first-order chi connectivity index (χ1) is 6.27. The highest BCUT2D eigenvalue weighted by Gasteiger charge is 2.03. The van der Waals surface area contributed by atoms with Gasteiger partial charge in [0.1, 0.15) is 5.82 Å². The number of rotatable bonds is 0. The molecule has 0 aliphatic carbocycles. The second-order valence-corrected chi connectivity index (χ2v) is 3.17. The van der Waals surface area contributed by atoms with Crippen LogP contribution in [0, 0.1) is 5.82 Å². The molecule has 1 aromatic heterocycles. The van der Waals surface area contributed by atoms with Gasteiger partial charge in [0.05, 0.1) is 10.2 Å². The summed E-state index contributed by atoms with van der Waals surface area (Å²) in [6, 6.07) is 4.77. The summed E-state index contributed by atoms with van der Waals surface area (Å²) in [5, 5.41) is 0.408. The first kappa shape index (κ1) is 9.92. The number of nitrogen functional groups attached to an aromatic ring is 1. The van der Waals surface area contributed by atoms with Crippen molar-refractivity contribution >= 4 is 26.7 Å². The molecule has 1 heterocycles. The average Bonchev–Trinajstić information content (AvgIpc) is 2.51. The summed E-state index contributed by atoms with van der Waals surface area (Å²) >= 11 is 1.17. The lowest BCUT2D eigenvalue weighted by atomic mass is 10.3. The fraction of sp³-hybridized carbons (Fsp3) is 0.222. The van der Waals surface area contributed by atoms with Gasteiger partial charge in [0.2, 0.25) is 0 Å². The van der Waals surface area contributed by atoms with E-state index in [4.69, 9.17) is 5.73 Å². The molecular formula is C9H11FN2S. The molecule has 2 N–H and O–H groups in total. The predicted molar refractivity (Wildman–Crippen MR) is 55.3 cm³/mol. The zero-order valence-corrected chi connectivity index (χ0v) is 8.36. The van der Waals surface area contributed by atoms with Gasteiger partial charge in [-0.2, -0.15) is 0 Å². The van der Waals surface area contributed by atoms with Gasteiger partial charge in [0, 0.05) is 0 Å². The minimum Gasteiger partial charge on any atom is -0.375 e. The number of fused-ring (bicyclic) bond motifs is 1. The van der Waals surface area contributed by atoms with Crippen LogP contribution in [0.4, 0.5) is 9.52 Å². The van der Waals surface area contributed by atoms with Gasteiger partial charge >= 0.3 is 0 Å². The SMILES string of the molecule is CC.Nc1nc2cccc(F)c2s1. The van der Waals surface area contributed by atoms with Crippen molar-refractivity contribution in [3.05, 3.63) is 24.0 Å². The molecule has 1 aromatic carbocycles. The summed E-state index contributed by atoms with van der Waals surface area (Å²) in [5.74, 6) is -0.253. The van der Waals surface area contributed by atoms with Gasteiger partial charge in [-0.3, -0.25) is 0 Å². The maximum atomic E-state index is 12.9. The van der Waals surface area contributed by atoms with E-state index in [0.717, 1.165) is 0 Å². The lowest BCUT2D eigenvalue weighted by Crippen LogP contribution is -1.78. The van der Waals surface area contributed by atoms with Gasteiger partial charge < -0.3 is 5.73 Å². The summed E-state index contributed by atoms with van der Waals surface area (Å²) in [6.07, 6.45) is 0. The van der Waals surface area contributed by atoms with E-state index in [1.807, 2.05) is 13.8 Å². The highest BCUT2D eigenvalue weighted by molar-refractivity contribution is 7.22. The summed E-state index contributed by atoms with van der Waals surface area (Å²) in [4.78, 5) is 3.93. The van der Waals surface area contributed by atoms with E-state index in [0.29, 0.717) is 15.3 Å². The molecule has 0 bridgehead atoms. The topological polar surface area (TPSA) is 38.9 Å². The molecule has 0 aliphatic rings. The molecule has 70 valence electrons. The van der Waals surface area contributed by atoms with E-state index < -0.39 is 0 Å². The molecule has 0 atom stereocenters. The Labute approximate surface area is 80.2 Å². The number of thiazole rings is 1. The number of anilines is 1. The molecule has 0 unspecified atom stereocenters. The Morgan fingerprint density at radius 2 is 2.08 bits per heavy atom. The summed E-state index contributed by atoms with van der Waals surface area (Å²) in [5.41, 5.74) is 6.03. The van der Waals surface area contributed by atoms with Crippen LogP contribution in [0.25, 0.3) is 10.2 Å². The second-order valence-electron chi connectivity index (χ2n) is 2.14. The Bertz CT molecular complexity index is 397. The van der Waals surface area contributed by atoms with Gasteiger partial charge in [-0.1, -0.05) is 31.3 Å². The standard InChI is InChI=1S/C7H5FN2S.C2H6/c8-4-2-1-3-5-6(4)11-7(9)10-5;1-2/h1-3H,(H2,9,10);1-2H3. The summed E-state index contributed by atoms with van der Waals surface area (Å²) in [6.45, 7) is 4.00. The van der Waals surface area contributed by atoms with Crippen LogP contribution < -0.4 is 5.73 Å². The van der Waals surface area contributed by atoms with Crippen molar-refractivity contribution in [1.82, 2.24) is 4.98 Å². The van der Waals surface area contributed by atoms with Gasteiger partial charge in [-0.05, 0) is 12.1 Å². The van der Waals surface area contributed by atoms with E-state index in [1.54, 1.807) is 12.1 Å². The molecule has 0 saturated carbocycles. The van der Waals surface area contributed by atoms with Crippen LogP contribution in [0.3, 0.4) is 0 Å². The quantitative estimate of drug-likeness (QED) is 0.706. The number of nitrogens with zero attached hydrogens (tertiary/aromatic N) is 1. The normalized spacial score (nSPS) is 9.46. The van der Waals surface area contributed by atoms with E-state index in [1.165, 1.54) is 17.4 Å². The monoisotopic (exact) mass is 198 g/mol. The number of benzene rings is 1. The molecule has 0 saturated heterocycles. The largest absolute Gasteiger partial charge is 0.375 e. The minimum absolute atomic E-state index is 0.253. The number of aromatic nitrogens is 1. The maximum absolute atomic E-state index is 12.9. The van der Waals surface area contributed by atoms with Gasteiger partial charge in [-0.25, -0.2) is 9.37 Å². The molecule has 0 spiro atoms. The van der Waals surface area contributed by atoms with Crippen LogP contribution in [0.5, 0.6) is 0 Å². The third-order valence-electron chi connectivity index (χ3n) is 1.38. The number of halogens is 1. The van der Waals surface area contributed by atoms with Crippen LogP contribution in [0.2, 0.25) is 0 Å². The van der Waals surface area contributed by atoms with Crippen LogP contribution >= 0.6 is 11.3 Å². The summed E-state index contributed by atoms with van der Waals surface area (Å²) in [7, 11) is 0. The van der Waals surface area contributed by atoms with Gasteiger partial charge in [0.15, 0.2) is 5.13 Å². The Hall–Kier alpha value is -1.16. The maximum Gasteiger partial charge on any atom is 0.181 e. The van der Waals surface area contributed by atoms with E-state index >= 15 is 0 Å². The lowest BCUT2D eigenvalue weighted by molar-refractivity contribution is 0.641. The van der Waals surface area contributed by atoms with Crippen LogP contribution in [0.15, 0.2) is 18.2 Å². The zero-order chi connectivity index (χ0) is 9.84. The smallest absolute Gasteiger partial charge is 0.181 e. The average molecular weight is 198 g/mol. The second kappa shape index (κ2) is 4.18. The Balaban J connectivity index is 0.000000396. The van der Waals surface area contributed by atoms with Crippen molar-refractivity contribution < 1.29 is 4.39 Å². The van der Waals surface area contributed by atoms with E-state index in [-0.39, 0.29) is 5.82 Å². The van der Waals surface area contributed by atoms with Crippen molar-refractivity contribution in [2.75, 3.05) is 5.73 Å². The molecule has 0 aliphatic heterocycles. The number of hydrogen-bond donors (Lipinski definition) is 1. The molecule has 0 fully saturated rings. The summed E-state index contributed by atoms with van der Waals surface area (Å²) < 4.78 is 13.4. The van der Waals surface area contributed by atoms with Crippen LogP contribution in [-0.2, 0) is 0 Å². The van der Waals surface area contributed by atoms with Crippen LogP contribution in [0.1, 0.15) is 13.8 Å². The van der Waals surface area contributed by atoms with Gasteiger partial charge in [-0.15, -0.1) is 0 Å². The van der Waals surface area contributed by atoms with E-state index in [2.05, 4.69) is 4.98 Å². The van der Waals surface area contributed by atoms with Crippen molar-refractivity contribution in [1.29, 1.82) is 0 Å². The van der Waals surface area contributed by atoms with Crippen molar-refractivity contribution in [2.24, 2.45) is 0 Å². The molecule has 2 aromatic rings. The van der Waals surface area contributed by atoms with Crippen molar-refractivity contribution in [3.8, 4) is 0 Å². The Morgan fingerprint density at radius 1 is 1.38 bits per heavy atom. The molecule has 0 amide bonds. The minimum atomic E-state index is -0.253. The fourth-order valence-corrected chi connectivity index (χ4v) is 1.67. The van der Waals surface area contributed by atoms with E-state index in [9.17, 15) is 4.39 Å². The fourth-order valence-electron chi connectivity index (χ4n) is 0.933. The third-order valence-corrected chi connectivity index (χ3v) is 2.29. The molecule has 13 heavy (non-hydrogen) atoms. The highest BCUT2D eigenvalue weighted by atomic mass is 32.1. The highest BCUT2D eigenvalue weighted by Crippen LogP contribution is 2.25. The zero-order valence-electron chi connectivity index (χ0n) is 7.54. The predicted octanol–water partition coefficient (Wildman–Crippen LogP) is 3.04. The lowest BCUT2D eigenvalue weighted by Gasteiger charge is -1.86. The number of nitrogens with two attached hydrogens (primary N) is 1. The molecule has 2 nitrogen and oxygen atoms in total. The van der Waals surface area contributed by atoms with Gasteiger partial charge in [0.25, 0.3) is 0 Å². The molecule has 0 radical (unpaired) electrons. The third kappa shape index (κ3) is 1.95. The number of hydrogen-bond acceptors (Lipinski definition) is 3. The molecule has 2 rings (SSSR count).